The number of halogens is 1. The summed E-state index contributed by atoms with van der Waals surface area (Å²) in [6, 6.07) is 3.63. The normalized spacial score (nSPS) is 16.6. The number of carbonyl (C=O) groups excluding carboxylic acids is 1. The fraction of sp³-hybridized carbons (Fsp3) is 0.684. The Morgan fingerprint density at radius 2 is 1.96 bits per heavy atom. The van der Waals surface area contributed by atoms with Crippen LogP contribution in [0.4, 0.5) is 0 Å². The van der Waals surface area contributed by atoms with E-state index in [1.807, 2.05) is 9.58 Å². The molecule has 1 aliphatic rings. The van der Waals surface area contributed by atoms with Crippen molar-refractivity contribution in [3.8, 4) is 0 Å². The van der Waals surface area contributed by atoms with Crippen LogP contribution in [0.25, 0.3) is 0 Å². The number of hydrogen-bond donors (Lipinski definition) is 0. The lowest BCUT2D eigenvalue weighted by Crippen LogP contribution is -2.50. The van der Waals surface area contributed by atoms with Crippen molar-refractivity contribution in [3.63, 3.8) is 0 Å². The van der Waals surface area contributed by atoms with Gasteiger partial charge in [0.25, 0.3) is 5.91 Å². The number of piperazine rings is 1. The molecule has 9 heteroatoms. The highest BCUT2D eigenvalue weighted by Crippen LogP contribution is 2.29. The van der Waals surface area contributed by atoms with Crippen LogP contribution in [0.1, 0.15) is 69.4 Å². The first-order chi connectivity index (χ1) is 13.0. The van der Waals surface area contributed by atoms with Crippen LogP contribution in [0.3, 0.4) is 0 Å². The molecule has 1 unspecified atom stereocenters. The van der Waals surface area contributed by atoms with Crippen molar-refractivity contribution in [1.82, 2.24) is 30.0 Å². The fourth-order valence-electron chi connectivity index (χ4n) is 3.52. The molecule has 28 heavy (non-hydrogen) atoms. The molecule has 1 aliphatic heterocycles. The van der Waals surface area contributed by atoms with Crippen LogP contribution >= 0.6 is 12.4 Å². The minimum absolute atomic E-state index is 0. The lowest BCUT2D eigenvalue weighted by atomic mass is 10.0. The van der Waals surface area contributed by atoms with Gasteiger partial charge in [-0.05, 0) is 49.2 Å². The molecule has 2 aromatic rings. The number of furan rings is 1. The van der Waals surface area contributed by atoms with E-state index in [1.165, 1.54) is 6.26 Å². The molecule has 3 heterocycles. The summed E-state index contributed by atoms with van der Waals surface area (Å²) in [5.74, 6) is 1.29. The lowest BCUT2D eigenvalue weighted by Gasteiger charge is -2.39. The predicted molar refractivity (Wildman–Crippen MR) is 109 cm³/mol. The van der Waals surface area contributed by atoms with E-state index in [9.17, 15) is 4.79 Å². The standard InChI is InChI=1S/C19H30N6O2.ClH/c1-5-8-15(17-20-21-22-25(17)19(3,4)6-2)23-10-12-24(13-11-23)18(26)16-9-7-14-27-16;/h7,9,14-15H,5-6,8,10-13H2,1-4H3;1H. The number of tetrazole rings is 1. The Bertz CT molecular complexity index is 737. The smallest absolute Gasteiger partial charge is 0.289 e. The third kappa shape index (κ3) is 4.55. The molecule has 0 spiro atoms. The lowest BCUT2D eigenvalue weighted by molar-refractivity contribution is 0.0507. The third-order valence-electron chi connectivity index (χ3n) is 5.57. The van der Waals surface area contributed by atoms with Gasteiger partial charge < -0.3 is 9.32 Å². The van der Waals surface area contributed by atoms with Crippen molar-refractivity contribution in [1.29, 1.82) is 0 Å². The van der Waals surface area contributed by atoms with Gasteiger partial charge >= 0.3 is 0 Å². The summed E-state index contributed by atoms with van der Waals surface area (Å²) >= 11 is 0. The van der Waals surface area contributed by atoms with Gasteiger partial charge in [0, 0.05) is 26.2 Å². The van der Waals surface area contributed by atoms with Crippen molar-refractivity contribution < 1.29 is 9.21 Å². The zero-order chi connectivity index (χ0) is 19.4. The topological polar surface area (TPSA) is 80.3 Å². The zero-order valence-electron chi connectivity index (χ0n) is 17.2. The Hall–Kier alpha value is -1.93. The zero-order valence-corrected chi connectivity index (χ0v) is 18.0. The molecule has 8 nitrogen and oxygen atoms in total. The second-order valence-electron chi connectivity index (χ2n) is 7.72. The van der Waals surface area contributed by atoms with Crippen molar-refractivity contribution >= 4 is 18.3 Å². The molecule has 1 saturated heterocycles. The van der Waals surface area contributed by atoms with E-state index >= 15 is 0 Å². The minimum atomic E-state index is -0.123. The fourth-order valence-corrected chi connectivity index (χ4v) is 3.52. The maximum atomic E-state index is 12.5. The number of carbonyl (C=O) groups is 1. The summed E-state index contributed by atoms with van der Waals surface area (Å²) in [5, 5.41) is 12.6. The Labute approximate surface area is 172 Å². The van der Waals surface area contributed by atoms with Crippen LogP contribution < -0.4 is 0 Å². The average Bonchev–Trinajstić information content (AvgIpc) is 3.38. The summed E-state index contributed by atoms with van der Waals surface area (Å²) in [5.41, 5.74) is -0.123. The Kier molecular flexibility index (Phi) is 7.60. The minimum Gasteiger partial charge on any atom is -0.459 e. The average molecular weight is 411 g/mol. The molecule has 0 bridgehead atoms. The van der Waals surface area contributed by atoms with E-state index in [0.717, 1.165) is 38.2 Å². The van der Waals surface area contributed by atoms with Crippen LogP contribution in [-0.2, 0) is 5.54 Å². The van der Waals surface area contributed by atoms with Gasteiger partial charge in [0.05, 0.1) is 17.8 Å². The van der Waals surface area contributed by atoms with Gasteiger partial charge in [0.1, 0.15) is 0 Å². The Morgan fingerprint density at radius 3 is 2.54 bits per heavy atom. The van der Waals surface area contributed by atoms with E-state index in [4.69, 9.17) is 4.42 Å². The molecule has 0 N–H and O–H groups in total. The highest BCUT2D eigenvalue weighted by Gasteiger charge is 2.33. The monoisotopic (exact) mass is 410 g/mol. The first kappa shape index (κ1) is 22.4. The van der Waals surface area contributed by atoms with Gasteiger partial charge in [-0.2, -0.15) is 0 Å². The highest BCUT2D eigenvalue weighted by molar-refractivity contribution is 5.91. The van der Waals surface area contributed by atoms with E-state index in [0.29, 0.717) is 18.8 Å². The summed E-state index contributed by atoms with van der Waals surface area (Å²) in [7, 11) is 0. The molecule has 1 fully saturated rings. The van der Waals surface area contributed by atoms with E-state index in [-0.39, 0.29) is 29.9 Å². The van der Waals surface area contributed by atoms with Crippen LogP contribution in [0, 0.1) is 0 Å². The van der Waals surface area contributed by atoms with Crippen LogP contribution in [0.15, 0.2) is 22.8 Å². The molecule has 0 radical (unpaired) electrons. The van der Waals surface area contributed by atoms with Crippen molar-refractivity contribution in [2.45, 2.75) is 58.5 Å². The number of amides is 1. The number of rotatable bonds is 7. The first-order valence-corrected chi connectivity index (χ1v) is 9.83. The molecule has 1 amide bonds. The molecule has 1 atom stereocenters. The van der Waals surface area contributed by atoms with Gasteiger partial charge in [0.15, 0.2) is 11.6 Å². The third-order valence-corrected chi connectivity index (χ3v) is 5.57. The summed E-state index contributed by atoms with van der Waals surface area (Å²) in [4.78, 5) is 16.8. The second kappa shape index (κ2) is 9.52. The number of hydrogen-bond acceptors (Lipinski definition) is 6. The van der Waals surface area contributed by atoms with Crippen molar-refractivity contribution in [3.05, 3.63) is 30.0 Å². The molecule has 0 aromatic carbocycles. The Morgan fingerprint density at radius 1 is 1.25 bits per heavy atom. The molecular weight excluding hydrogens is 380 g/mol. The van der Waals surface area contributed by atoms with Crippen molar-refractivity contribution in [2.75, 3.05) is 26.2 Å². The summed E-state index contributed by atoms with van der Waals surface area (Å²) in [6.07, 6.45) is 4.54. The molecule has 156 valence electrons. The van der Waals surface area contributed by atoms with E-state index in [2.05, 4.69) is 48.1 Å². The summed E-state index contributed by atoms with van der Waals surface area (Å²) < 4.78 is 7.23. The van der Waals surface area contributed by atoms with E-state index in [1.54, 1.807) is 12.1 Å². The largest absolute Gasteiger partial charge is 0.459 e. The van der Waals surface area contributed by atoms with Crippen molar-refractivity contribution in [2.24, 2.45) is 0 Å². The molecule has 2 aromatic heterocycles. The number of nitrogens with zero attached hydrogens (tertiary/aromatic N) is 6. The van der Waals surface area contributed by atoms with Gasteiger partial charge in [-0.3, -0.25) is 9.69 Å². The van der Waals surface area contributed by atoms with Crippen LogP contribution in [0.5, 0.6) is 0 Å². The van der Waals surface area contributed by atoms with Gasteiger partial charge in [-0.1, -0.05) is 20.3 Å². The maximum Gasteiger partial charge on any atom is 0.289 e. The second-order valence-corrected chi connectivity index (χ2v) is 7.72. The highest BCUT2D eigenvalue weighted by atomic mass is 35.5. The molecule has 3 rings (SSSR count). The summed E-state index contributed by atoms with van der Waals surface area (Å²) in [6.45, 7) is 11.6. The van der Waals surface area contributed by atoms with Gasteiger partial charge in [-0.25, -0.2) is 4.68 Å². The van der Waals surface area contributed by atoms with E-state index < -0.39 is 0 Å². The number of aromatic nitrogens is 4. The van der Waals surface area contributed by atoms with Gasteiger partial charge in [-0.15, -0.1) is 17.5 Å². The molecule has 0 saturated carbocycles. The SMILES string of the molecule is CCCC(c1nnnn1C(C)(C)CC)N1CCN(C(=O)c2ccco2)CC1.Cl. The quantitative estimate of drug-likeness (QED) is 0.697. The first-order valence-electron chi connectivity index (χ1n) is 9.83. The van der Waals surface area contributed by atoms with Crippen LogP contribution in [0.2, 0.25) is 0 Å². The van der Waals surface area contributed by atoms with Crippen LogP contribution in [-0.4, -0.2) is 62.1 Å². The molecular formula is C19H31ClN6O2. The molecule has 0 aliphatic carbocycles. The van der Waals surface area contributed by atoms with Gasteiger partial charge in [0.2, 0.25) is 0 Å². The Balaban J connectivity index is 0.00000280. The maximum absolute atomic E-state index is 12.5. The predicted octanol–water partition coefficient (Wildman–Crippen LogP) is 3.13.